The third kappa shape index (κ3) is 8.05. The van der Waals surface area contributed by atoms with E-state index in [0.29, 0.717) is 5.88 Å². The average Bonchev–Trinajstić information content (AvgIpc) is 3.30. The molecule has 1 aromatic heterocycles. The quantitative estimate of drug-likeness (QED) is 0.0499. The fraction of sp³-hybridized carbons (Fsp3) is 0.0244. The molecule has 0 N–H and O–H groups in total. The Hall–Kier alpha value is -6.66. The summed E-state index contributed by atoms with van der Waals surface area (Å²) in [5, 5.41) is 0. The second-order valence-corrected chi connectivity index (χ2v) is 14.3. The van der Waals surface area contributed by atoms with Gasteiger partial charge < -0.3 is 4.74 Å². The number of hydrogen-bond acceptors (Lipinski definition) is 2. The summed E-state index contributed by atoms with van der Waals surface area (Å²) in [6.45, 7) is 0.745. The van der Waals surface area contributed by atoms with Crippen molar-refractivity contribution < 1.29 is 97.1 Å². The number of aromatic nitrogens is 2. The number of nitrogens with zero attached hydrogens (tertiary/aromatic N) is 2. The van der Waals surface area contributed by atoms with Crippen LogP contribution in [0.3, 0.4) is 0 Å². The zero-order valence-electron chi connectivity index (χ0n) is 31.5. The van der Waals surface area contributed by atoms with E-state index in [-0.39, 0.29) is 0 Å². The zero-order chi connectivity index (χ0) is 48.8. The Morgan fingerprint density at radius 2 is 0.712 bits per heavy atom. The zero-order valence-corrected chi connectivity index (χ0v) is 33.0. The SMILES string of the molecule is Brc1ccc(Oc2cncc[n+]2Cc2ccccc2)cc1.Fc1c(F)c(F)c([B-](c2c(F)c(F)c(F)c(F)c2F)(c2c(F)c(F)c(F)c(F)c2F)c2c(F)c(F)c(F)c(F)c2F)c(F)c1F. The van der Waals surface area contributed by atoms with E-state index in [0.717, 1.165) is 16.8 Å². The first kappa shape index (κ1) is 48.8. The summed E-state index contributed by atoms with van der Waals surface area (Å²) >= 11 is 3.42. The van der Waals surface area contributed by atoms with E-state index in [9.17, 15) is 52.7 Å². The molecule has 0 bridgehead atoms. The van der Waals surface area contributed by atoms with Crippen LogP contribution < -0.4 is 31.2 Å². The lowest BCUT2D eigenvalue weighted by Crippen LogP contribution is -2.81. The van der Waals surface area contributed by atoms with Crippen LogP contribution in [-0.2, 0) is 6.54 Å². The first-order valence-corrected chi connectivity index (χ1v) is 18.3. The van der Waals surface area contributed by atoms with Gasteiger partial charge in [0, 0.05) is 10.0 Å². The molecule has 0 atom stereocenters. The van der Waals surface area contributed by atoms with Crippen LogP contribution in [-0.4, -0.2) is 11.1 Å². The van der Waals surface area contributed by atoms with Gasteiger partial charge in [-0.05, 0) is 24.3 Å². The summed E-state index contributed by atoms with van der Waals surface area (Å²) in [4.78, 5) is 4.15. The Morgan fingerprint density at radius 3 is 1.03 bits per heavy atom. The lowest BCUT2D eigenvalue weighted by molar-refractivity contribution is -0.692. The maximum Gasteiger partial charge on any atom is 0.392 e. The monoisotopic (exact) mass is 1020 g/mol. The Bertz CT molecular complexity index is 2670. The van der Waals surface area contributed by atoms with Gasteiger partial charge in [-0.15, -0.1) is 21.9 Å². The molecule has 0 amide bonds. The van der Waals surface area contributed by atoms with E-state index in [1.54, 1.807) is 12.4 Å². The van der Waals surface area contributed by atoms with Crippen molar-refractivity contribution in [1.82, 2.24) is 4.98 Å². The number of hydrogen-bond donors (Lipinski definition) is 0. The molecule has 0 saturated carbocycles. The predicted octanol–water partition coefficient (Wildman–Crippen LogP) is 9.82. The molecule has 3 nitrogen and oxygen atoms in total. The highest BCUT2D eigenvalue weighted by Gasteiger charge is 2.52. The van der Waals surface area contributed by atoms with Gasteiger partial charge in [0.1, 0.15) is 64.6 Å². The highest BCUT2D eigenvalue weighted by molar-refractivity contribution is 9.10. The third-order valence-electron chi connectivity index (χ3n) is 9.74. The number of rotatable bonds is 8. The molecule has 344 valence electrons. The van der Waals surface area contributed by atoms with Crippen molar-refractivity contribution in [3.63, 3.8) is 0 Å². The molecule has 7 aromatic rings. The largest absolute Gasteiger partial charge is 0.404 e. The van der Waals surface area contributed by atoms with E-state index >= 15 is 35.1 Å². The Balaban J connectivity index is 0.000000284. The molecule has 0 saturated heterocycles. The Kier molecular flexibility index (Phi) is 13.8. The standard InChI is InChI=1S/C24BF20.C17H14BrN2O/c26-5-1(6(27)14(35)21(42)13(5)34)25(2-7(28)15(36)22(43)16(37)8(2)29,3-9(30)17(38)23(44)18(39)10(3)31)4-11(32)19(40)24(45)20(41)12(4)33;18-15-6-8-16(9-7-15)21-17-12-19-10-11-20(17)13-14-4-2-1-3-5-14/h;1-12H,13H2/q-1;+1. The molecule has 0 aliphatic heterocycles. The molecule has 7 rings (SSSR count). The lowest BCUT2D eigenvalue weighted by atomic mass is 9.12. The normalized spacial score (nSPS) is 11.5. The summed E-state index contributed by atoms with van der Waals surface area (Å²) in [7, 11) is 0. The molecule has 0 fully saturated rings. The van der Waals surface area contributed by atoms with E-state index < -0.39 is 144 Å². The molecule has 25 heteroatoms. The highest BCUT2D eigenvalue weighted by atomic mass is 79.9. The molecule has 0 unspecified atom stereocenters. The van der Waals surface area contributed by atoms with Crippen molar-refractivity contribution in [2.24, 2.45) is 0 Å². The lowest BCUT2D eigenvalue weighted by Gasteiger charge is -2.44. The van der Waals surface area contributed by atoms with Crippen LogP contribution in [0.5, 0.6) is 11.6 Å². The third-order valence-corrected chi connectivity index (χ3v) is 10.3. The summed E-state index contributed by atoms with van der Waals surface area (Å²) in [5.41, 5.74) is -13.1. The minimum absolute atomic E-state index is 0.712. The number of benzene rings is 6. The molecule has 6 aromatic carbocycles. The van der Waals surface area contributed by atoms with Gasteiger partial charge in [-0.25, -0.2) is 92.8 Å². The minimum atomic E-state index is -7.22. The molecule has 66 heavy (non-hydrogen) atoms. The van der Waals surface area contributed by atoms with Gasteiger partial charge in [-0.3, -0.25) is 0 Å². The van der Waals surface area contributed by atoms with Crippen LogP contribution in [0.15, 0.2) is 77.7 Å². The second-order valence-electron chi connectivity index (χ2n) is 13.4. The molecule has 0 radical (unpaired) electrons. The summed E-state index contributed by atoms with van der Waals surface area (Å²) in [5.74, 6) is -69.9. The summed E-state index contributed by atoms with van der Waals surface area (Å²) < 4.78 is 303. The number of ether oxygens (including phenoxy) is 1. The van der Waals surface area contributed by atoms with Gasteiger partial charge in [0.15, 0.2) is 82.5 Å². The van der Waals surface area contributed by atoms with Gasteiger partial charge in [0.25, 0.3) is 0 Å². The van der Waals surface area contributed by atoms with E-state index in [1.807, 2.05) is 53.2 Å². The average molecular weight is 1020 g/mol. The van der Waals surface area contributed by atoms with Gasteiger partial charge in [-0.2, -0.15) is 4.57 Å². The minimum Gasteiger partial charge on any atom is -0.404 e. The van der Waals surface area contributed by atoms with Crippen LogP contribution >= 0.6 is 15.9 Å². The van der Waals surface area contributed by atoms with Crippen LogP contribution in [0.1, 0.15) is 5.56 Å². The first-order chi connectivity index (χ1) is 31.0. The fourth-order valence-electron chi connectivity index (χ4n) is 6.87. The first-order valence-electron chi connectivity index (χ1n) is 17.6. The summed E-state index contributed by atoms with van der Waals surface area (Å²) in [6, 6.07) is 18.0. The second kappa shape index (κ2) is 18.7. The molecule has 0 aliphatic rings. The number of halogens is 21. The van der Waals surface area contributed by atoms with Crippen LogP contribution in [0.2, 0.25) is 0 Å². The molecule has 0 spiro atoms. The van der Waals surface area contributed by atoms with Gasteiger partial charge in [0.2, 0.25) is 0 Å². The topological polar surface area (TPSA) is 26.0 Å². The van der Waals surface area contributed by atoms with Gasteiger partial charge >= 0.3 is 5.88 Å². The molecule has 1 heterocycles. The van der Waals surface area contributed by atoms with E-state index in [2.05, 4.69) is 33.0 Å². The van der Waals surface area contributed by atoms with Crippen molar-refractivity contribution >= 4 is 43.9 Å². The van der Waals surface area contributed by atoms with Gasteiger partial charge in [-0.1, -0.05) is 46.3 Å². The van der Waals surface area contributed by atoms with Gasteiger partial charge in [0.05, 0.1) is 6.20 Å². The van der Waals surface area contributed by atoms with Crippen molar-refractivity contribution in [1.29, 1.82) is 0 Å². The predicted molar refractivity (Wildman–Crippen MR) is 193 cm³/mol. The summed E-state index contributed by atoms with van der Waals surface area (Å²) in [6.07, 6.45) is -1.81. The van der Waals surface area contributed by atoms with E-state index in [1.165, 1.54) is 5.56 Å². The maximum atomic E-state index is 15.4. The maximum absolute atomic E-state index is 15.4. The fourth-order valence-corrected chi connectivity index (χ4v) is 7.13. The van der Waals surface area contributed by atoms with Crippen molar-refractivity contribution in [3.8, 4) is 11.6 Å². The highest BCUT2D eigenvalue weighted by Crippen LogP contribution is 2.31. The van der Waals surface area contributed by atoms with Crippen LogP contribution in [0, 0.1) is 116 Å². The smallest absolute Gasteiger partial charge is 0.392 e. The molecule has 0 aliphatic carbocycles. The van der Waals surface area contributed by atoms with Crippen molar-refractivity contribution in [2.45, 2.75) is 6.54 Å². The molecular weight excluding hydrogens is 1010 g/mol. The Morgan fingerprint density at radius 1 is 0.409 bits per heavy atom. The van der Waals surface area contributed by atoms with Crippen molar-refractivity contribution in [3.05, 3.63) is 200 Å². The van der Waals surface area contributed by atoms with Crippen LogP contribution in [0.4, 0.5) is 87.8 Å². The van der Waals surface area contributed by atoms with Crippen molar-refractivity contribution in [2.75, 3.05) is 0 Å². The molecular formula is C41H14BBrF20N2O. The Labute approximate surface area is 363 Å². The van der Waals surface area contributed by atoms with Crippen LogP contribution in [0.25, 0.3) is 0 Å². The van der Waals surface area contributed by atoms with E-state index in [4.69, 9.17) is 4.74 Å².